The molecule has 1 rings (SSSR count). The van der Waals surface area contributed by atoms with Crippen molar-refractivity contribution in [3.05, 3.63) is 11.6 Å². The molecule has 0 radical (unpaired) electrons. The van der Waals surface area contributed by atoms with E-state index in [9.17, 15) is 0 Å². The van der Waals surface area contributed by atoms with Crippen molar-refractivity contribution in [1.82, 2.24) is 5.32 Å². The summed E-state index contributed by atoms with van der Waals surface area (Å²) in [5.74, 6) is 0.614. The average Bonchev–Trinajstić information content (AvgIpc) is 2.06. The Bertz CT molecular complexity index is 200. The van der Waals surface area contributed by atoms with Crippen molar-refractivity contribution in [3.63, 3.8) is 0 Å². The van der Waals surface area contributed by atoms with Crippen LogP contribution in [0.4, 0.5) is 0 Å². The van der Waals surface area contributed by atoms with Crippen LogP contribution < -0.4 is 5.32 Å². The summed E-state index contributed by atoms with van der Waals surface area (Å²) in [4.78, 5) is 0. The van der Waals surface area contributed by atoms with Crippen LogP contribution in [0.2, 0.25) is 0 Å². The van der Waals surface area contributed by atoms with Gasteiger partial charge in [0, 0.05) is 13.0 Å². The predicted octanol–water partition coefficient (Wildman–Crippen LogP) is 1.85. The quantitative estimate of drug-likeness (QED) is 0.646. The summed E-state index contributed by atoms with van der Waals surface area (Å²) in [6.45, 7) is 0.988. The first-order valence-corrected chi connectivity index (χ1v) is 4.56. The molecular weight excluding hydrogens is 148 g/mol. The second-order valence-electron chi connectivity index (χ2n) is 3.40. The van der Waals surface area contributed by atoms with E-state index < -0.39 is 0 Å². The molecule has 1 N–H and O–H groups in total. The van der Waals surface area contributed by atoms with Crippen LogP contribution >= 0.6 is 0 Å². The van der Waals surface area contributed by atoms with Gasteiger partial charge in [-0.1, -0.05) is 11.6 Å². The second kappa shape index (κ2) is 4.95. The Hall–Kier alpha value is -0.810. The van der Waals surface area contributed by atoms with Crippen LogP contribution in [-0.2, 0) is 0 Å². The Morgan fingerprint density at radius 2 is 2.58 bits per heavy atom. The summed E-state index contributed by atoms with van der Waals surface area (Å²) in [6, 6.07) is 2.25. The van der Waals surface area contributed by atoms with Crippen LogP contribution in [0.1, 0.15) is 25.7 Å². The van der Waals surface area contributed by atoms with Crippen LogP contribution in [0.15, 0.2) is 11.6 Å². The number of allylic oxidation sites excluding steroid dienone is 1. The smallest absolute Gasteiger partial charge is 0.0624 e. The van der Waals surface area contributed by atoms with Gasteiger partial charge in [-0.05, 0) is 32.2 Å². The van der Waals surface area contributed by atoms with Crippen molar-refractivity contribution in [2.24, 2.45) is 5.92 Å². The van der Waals surface area contributed by atoms with Crippen molar-refractivity contribution in [3.8, 4) is 6.07 Å². The van der Waals surface area contributed by atoms with E-state index in [0.29, 0.717) is 5.92 Å². The minimum absolute atomic E-state index is 0.614. The first-order valence-electron chi connectivity index (χ1n) is 4.56. The molecule has 0 saturated heterocycles. The van der Waals surface area contributed by atoms with Gasteiger partial charge in [-0.25, -0.2) is 0 Å². The summed E-state index contributed by atoms with van der Waals surface area (Å²) in [7, 11) is 1.97. The third-order valence-corrected chi connectivity index (χ3v) is 2.34. The number of hydrogen-bond donors (Lipinski definition) is 1. The first kappa shape index (κ1) is 9.28. The van der Waals surface area contributed by atoms with Crippen LogP contribution in [0, 0.1) is 17.2 Å². The van der Waals surface area contributed by atoms with E-state index >= 15 is 0 Å². The van der Waals surface area contributed by atoms with Gasteiger partial charge >= 0.3 is 0 Å². The molecule has 1 atom stereocenters. The summed E-state index contributed by atoms with van der Waals surface area (Å²) in [5, 5.41) is 11.7. The van der Waals surface area contributed by atoms with Crippen molar-refractivity contribution < 1.29 is 0 Å². The highest BCUT2D eigenvalue weighted by Gasteiger charge is 2.14. The molecule has 2 nitrogen and oxygen atoms in total. The van der Waals surface area contributed by atoms with Crippen molar-refractivity contribution in [2.75, 3.05) is 13.6 Å². The average molecular weight is 164 g/mol. The number of hydrogen-bond acceptors (Lipinski definition) is 2. The fourth-order valence-corrected chi connectivity index (χ4v) is 1.75. The standard InChI is InChI=1S/C10H16N2/c1-12-8-10-4-2-3-9(7-10)5-6-11/h4,9,12H,2-3,5,7-8H2,1H3. The maximum Gasteiger partial charge on any atom is 0.0624 e. The van der Waals surface area contributed by atoms with Gasteiger partial charge in [0.05, 0.1) is 6.07 Å². The number of nitrogens with one attached hydrogen (secondary N) is 1. The maximum absolute atomic E-state index is 8.55. The molecule has 0 fully saturated rings. The minimum Gasteiger partial charge on any atom is -0.316 e. The highest BCUT2D eigenvalue weighted by molar-refractivity contribution is 5.09. The molecule has 0 saturated carbocycles. The molecule has 0 amide bonds. The Morgan fingerprint density at radius 1 is 1.75 bits per heavy atom. The molecule has 2 heteroatoms. The monoisotopic (exact) mass is 164 g/mol. The predicted molar refractivity (Wildman–Crippen MR) is 49.6 cm³/mol. The molecule has 1 unspecified atom stereocenters. The Balaban J connectivity index is 2.37. The molecule has 0 aromatic carbocycles. The van der Waals surface area contributed by atoms with Gasteiger partial charge in [-0.3, -0.25) is 0 Å². The largest absolute Gasteiger partial charge is 0.316 e. The molecule has 0 aliphatic heterocycles. The topological polar surface area (TPSA) is 35.8 Å². The molecule has 12 heavy (non-hydrogen) atoms. The lowest BCUT2D eigenvalue weighted by molar-refractivity contribution is 0.468. The van der Waals surface area contributed by atoms with Gasteiger partial charge in [0.2, 0.25) is 0 Å². The van der Waals surface area contributed by atoms with Gasteiger partial charge in [0.25, 0.3) is 0 Å². The molecule has 0 bridgehead atoms. The zero-order valence-electron chi connectivity index (χ0n) is 7.64. The van der Waals surface area contributed by atoms with E-state index in [-0.39, 0.29) is 0 Å². The fraction of sp³-hybridized carbons (Fsp3) is 0.700. The van der Waals surface area contributed by atoms with E-state index in [4.69, 9.17) is 5.26 Å². The normalized spacial score (nSPS) is 23.0. The molecular formula is C10H16N2. The lowest BCUT2D eigenvalue weighted by atomic mass is 9.87. The van der Waals surface area contributed by atoms with Crippen LogP contribution in [0.3, 0.4) is 0 Å². The van der Waals surface area contributed by atoms with E-state index in [1.165, 1.54) is 12.0 Å². The maximum atomic E-state index is 8.55. The van der Waals surface area contributed by atoms with Gasteiger partial charge in [0.1, 0.15) is 0 Å². The molecule has 66 valence electrons. The summed E-state index contributed by atoms with van der Waals surface area (Å²) in [6.07, 6.45) is 6.50. The number of likely N-dealkylation sites (N-methyl/N-ethyl adjacent to an activating group) is 1. The van der Waals surface area contributed by atoms with E-state index in [1.807, 2.05) is 7.05 Å². The number of nitriles is 1. The molecule has 0 heterocycles. The highest BCUT2D eigenvalue weighted by Crippen LogP contribution is 2.25. The number of nitrogens with zero attached hydrogens (tertiary/aromatic N) is 1. The third-order valence-electron chi connectivity index (χ3n) is 2.34. The second-order valence-corrected chi connectivity index (χ2v) is 3.40. The van der Waals surface area contributed by atoms with E-state index in [1.54, 1.807) is 0 Å². The molecule has 0 aromatic rings. The van der Waals surface area contributed by atoms with Crippen molar-refractivity contribution in [1.29, 1.82) is 5.26 Å². The van der Waals surface area contributed by atoms with Gasteiger partial charge in [-0.15, -0.1) is 0 Å². The van der Waals surface area contributed by atoms with Gasteiger partial charge in [-0.2, -0.15) is 5.26 Å². The molecule has 0 aromatic heterocycles. The zero-order valence-corrected chi connectivity index (χ0v) is 7.64. The van der Waals surface area contributed by atoms with Crippen molar-refractivity contribution in [2.45, 2.75) is 25.7 Å². The van der Waals surface area contributed by atoms with E-state index in [0.717, 1.165) is 25.8 Å². The van der Waals surface area contributed by atoms with Crippen LogP contribution in [-0.4, -0.2) is 13.6 Å². The molecule has 1 aliphatic carbocycles. The van der Waals surface area contributed by atoms with Gasteiger partial charge in [0.15, 0.2) is 0 Å². The van der Waals surface area contributed by atoms with Crippen molar-refractivity contribution >= 4 is 0 Å². The van der Waals surface area contributed by atoms with Gasteiger partial charge < -0.3 is 5.32 Å². The fourth-order valence-electron chi connectivity index (χ4n) is 1.75. The first-order chi connectivity index (χ1) is 5.86. The lowest BCUT2D eigenvalue weighted by Gasteiger charge is -2.20. The zero-order chi connectivity index (χ0) is 8.81. The Morgan fingerprint density at radius 3 is 3.25 bits per heavy atom. The molecule has 0 spiro atoms. The van der Waals surface area contributed by atoms with E-state index in [2.05, 4.69) is 17.5 Å². The SMILES string of the molecule is CNCC1=CCCC(CC#N)C1. The minimum atomic E-state index is 0.614. The highest BCUT2D eigenvalue weighted by atomic mass is 14.8. The van der Waals surface area contributed by atoms with Crippen LogP contribution in [0.25, 0.3) is 0 Å². The third kappa shape index (κ3) is 2.67. The Kier molecular flexibility index (Phi) is 3.83. The van der Waals surface area contributed by atoms with Crippen LogP contribution in [0.5, 0.6) is 0 Å². The Labute approximate surface area is 74.3 Å². The number of rotatable bonds is 3. The summed E-state index contributed by atoms with van der Waals surface area (Å²) >= 11 is 0. The summed E-state index contributed by atoms with van der Waals surface area (Å²) < 4.78 is 0. The summed E-state index contributed by atoms with van der Waals surface area (Å²) in [5.41, 5.74) is 1.48. The molecule has 1 aliphatic rings. The lowest BCUT2D eigenvalue weighted by Crippen LogP contribution is -2.16.